The fourth-order valence-electron chi connectivity index (χ4n) is 1.64. The molecule has 0 N–H and O–H groups in total. The quantitative estimate of drug-likeness (QED) is 0.599. The summed E-state index contributed by atoms with van der Waals surface area (Å²) in [6.07, 6.45) is 6.53. The first-order chi connectivity index (χ1) is 6.26. The van der Waals surface area contributed by atoms with Crippen LogP contribution in [0.3, 0.4) is 0 Å². The van der Waals surface area contributed by atoms with Crippen LogP contribution in [0.15, 0.2) is 24.4 Å². The van der Waals surface area contributed by atoms with E-state index in [-0.39, 0.29) is 0 Å². The predicted molar refractivity (Wildman–Crippen MR) is 50.9 cm³/mol. The molecule has 1 atom stereocenters. The number of pyridine rings is 1. The molecule has 1 unspecified atom stereocenters. The van der Waals surface area contributed by atoms with Crippen LogP contribution in [0.2, 0.25) is 0 Å². The van der Waals surface area contributed by atoms with E-state index < -0.39 is 5.41 Å². The van der Waals surface area contributed by atoms with Crippen molar-refractivity contribution in [1.29, 1.82) is 5.26 Å². The van der Waals surface area contributed by atoms with E-state index in [1.165, 1.54) is 0 Å². The lowest BCUT2D eigenvalue weighted by atomic mass is 9.77. The summed E-state index contributed by atoms with van der Waals surface area (Å²) in [7, 11) is 0. The third kappa shape index (κ3) is 1.13. The molecule has 0 amide bonds. The van der Waals surface area contributed by atoms with Gasteiger partial charge in [-0.15, -0.1) is 0 Å². The Kier molecular flexibility index (Phi) is 1.66. The van der Waals surface area contributed by atoms with Crippen molar-refractivity contribution in [2.45, 2.75) is 18.8 Å². The Hall–Kier alpha value is -1.62. The predicted octanol–water partition coefficient (Wildman–Crippen LogP) is 2.28. The number of hydrogen-bond donors (Lipinski definition) is 0. The lowest BCUT2D eigenvalue weighted by Crippen LogP contribution is -2.22. The molecule has 1 aromatic heterocycles. The van der Waals surface area contributed by atoms with Crippen molar-refractivity contribution in [3.63, 3.8) is 0 Å². The minimum absolute atomic E-state index is 0.391. The lowest BCUT2D eigenvalue weighted by molar-refractivity contribution is 0.610. The average Bonchev–Trinajstić information content (AvgIpc) is 2.19. The van der Waals surface area contributed by atoms with Crippen LogP contribution < -0.4 is 0 Å². The molecule has 0 aliphatic heterocycles. The first-order valence-electron chi connectivity index (χ1n) is 4.29. The first kappa shape index (κ1) is 8.00. The second kappa shape index (κ2) is 2.70. The van der Waals surface area contributed by atoms with Crippen LogP contribution in [0.5, 0.6) is 0 Å². The van der Waals surface area contributed by atoms with Gasteiger partial charge in [0.05, 0.1) is 17.2 Å². The Balaban J connectivity index is 2.64. The molecule has 1 aliphatic rings. The Labute approximate surface area is 77.5 Å². The molecule has 2 nitrogen and oxygen atoms in total. The molecule has 0 saturated carbocycles. The summed E-state index contributed by atoms with van der Waals surface area (Å²) in [5, 5.41) is 9.09. The van der Waals surface area contributed by atoms with Crippen molar-refractivity contribution in [2.75, 3.05) is 0 Å². The molecule has 0 fully saturated rings. The summed E-state index contributed by atoms with van der Waals surface area (Å²) < 4.78 is 0. The van der Waals surface area contributed by atoms with Gasteiger partial charge in [0.25, 0.3) is 0 Å². The third-order valence-electron chi connectivity index (χ3n) is 2.48. The first-order valence-corrected chi connectivity index (χ1v) is 4.29. The molecule has 0 spiro atoms. The maximum Gasteiger partial charge on any atom is 0.0849 e. The largest absolute Gasteiger partial charge is 0.257 e. The van der Waals surface area contributed by atoms with Crippen LogP contribution in [-0.2, 0) is 5.41 Å². The molecule has 13 heavy (non-hydrogen) atoms. The van der Waals surface area contributed by atoms with Gasteiger partial charge >= 0.3 is 0 Å². The third-order valence-corrected chi connectivity index (χ3v) is 2.48. The zero-order valence-electron chi connectivity index (χ0n) is 7.49. The Morgan fingerprint density at radius 3 is 3.23 bits per heavy atom. The van der Waals surface area contributed by atoms with E-state index in [9.17, 15) is 0 Å². The second-order valence-corrected chi connectivity index (χ2v) is 3.49. The highest BCUT2D eigenvalue weighted by Gasteiger charge is 2.29. The molecule has 1 aromatic rings. The Morgan fingerprint density at radius 1 is 1.62 bits per heavy atom. The number of rotatable bonds is 0. The highest BCUT2D eigenvalue weighted by Crippen LogP contribution is 2.33. The average molecular weight is 170 g/mol. The summed E-state index contributed by atoms with van der Waals surface area (Å²) in [4.78, 5) is 4.22. The topological polar surface area (TPSA) is 36.7 Å². The summed E-state index contributed by atoms with van der Waals surface area (Å²) in [6, 6.07) is 6.21. The van der Waals surface area contributed by atoms with Gasteiger partial charge in [-0.05, 0) is 31.1 Å². The van der Waals surface area contributed by atoms with Crippen molar-refractivity contribution in [3.05, 3.63) is 35.7 Å². The summed E-state index contributed by atoms with van der Waals surface area (Å²) >= 11 is 0. The fourth-order valence-corrected chi connectivity index (χ4v) is 1.64. The smallest absolute Gasteiger partial charge is 0.0849 e. The van der Waals surface area contributed by atoms with Crippen LogP contribution in [0.1, 0.15) is 24.6 Å². The molecular formula is C11H10N2. The van der Waals surface area contributed by atoms with Crippen LogP contribution in [-0.4, -0.2) is 4.98 Å². The van der Waals surface area contributed by atoms with Crippen molar-refractivity contribution >= 4 is 6.08 Å². The molecule has 1 aliphatic carbocycles. The fraction of sp³-hybridized carbons (Fsp3) is 0.273. The Morgan fingerprint density at radius 2 is 2.46 bits per heavy atom. The van der Waals surface area contributed by atoms with Crippen molar-refractivity contribution in [3.8, 4) is 6.07 Å². The molecule has 0 aromatic carbocycles. The van der Waals surface area contributed by atoms with Gasteiger partial charge in [0.1, 0.15) is 0 Å². The van der Waals surface area contributed by atoms with Gasteiger partial charge in [-0.25, -0.2) is 0 Å². The molecule has 0 saturated heterocycles. The zero-order valence-corrected chi connectivity index (χ0v) is 7.49. The monoisotopic (exact) mass is 170 g/mol. The van der Waals surface area contributed by atoms with Crippen LogP contribution >= 0.6 is 0 Å². The molecule has 0 bridgehead atoms. The van der Waals surface area contributed by atoms with Gasteiger partial charge in [-0.3, -0.25) is 4.98 Å². The molecule has 1 heterocycles. The van der Waals surface area contributed by atoms with Crippen LogP contribution in [0, 0.1) is 11.3 Å². The lowest BCUT2D eigenvalue weighted by Gasteiger charge is -2.24. The molecular weight excluding hydrogens is 160 g/mol. The van der Waals surface area contributed by atoms with Gasteiger partial charge in [0.15, 0.2) is 0 Å². The van der Waals surface area contributed by atoms with Crippen LogP contribution in [0.4, 0.5) is 0 Å². The minimum Gasteiger partial charge on any atom is -0.257 e. The SMILES string of the molecule is CC1(C#N)CC=Cc2ncccc21. The molecule has 2 heteroatoms. The standard InChI is InChI=1S/C11H10N2/c1-11(8-12)6-2-5-10-9(11)4-3-7-13-10/h2-5,7H,6H2,1H3. The van der Waals surface area contributed by atoms with Gasteiger partial charge in [0, 0.05) is 6.20 Å². The van der Waals surface area contributed by atoms with E-state index in [2.05, 4.69) is 11.1 Å². The minimum atomic E-state index is -0.391. The second-order valence-electron chi connectivity index (χ2n) is 3.49. The number of allylic oxidation sites excluding steroid dienone is 1. The molecule has 0 radical (unpaired) electrons. The van der Waals surface area contributed by atoms with Gasteiger partial charge in [-0.2, -0.15) is 5.26 Å². The molecule has 2 rings (SSSR count). The highest BCUT2D eigenvalue weighted by molar-refractivity contribution is 5.57. The zero-order chi connectivity index (χ0) is 9.31. The van der Waals surface area contributed by atoms with E-state index in [0.717, 1.165) is 17.7 Å². The van der Waals surface area contributed by atoms with Gasteiger partial charge in [0.2, 0.25) is 0 Å². The van der Waals surface area contributed by atoms with Crippen molar-refractivity contribution in [1.82, 2.24) is 4.98 Å². The highest BCUT2D eigenvalue weighted by atomic mass is 14.7. The van der Waals surface area contributed by atoms with Crippen molar-refractivity contribution in [2.24, 2.45) is 0 Å². The van der Waals surface area contributed by atoms with E-state index in [1.807, 2.05) is 31.2 Å². The number of nitrogens with zero attached hydrogens (tertiary/aromatic N) is 2. The van der Waals surface area contributed by atoms with Gasteiger partial charge in [-0.1, -0.05) is 12.1 Å². The number of aromatic nitrogens is 1. The molecule has 64 valence electrons. The van der Waals surface area contributed by atoms with E-state index in [1.54, 1.807) is 6.20 Å². The number of hydrogen-bond acceptors (Lipinski definition) is 2. The maximum atomic E-state index is 9.09. The van der Waals surface area contributed by atoms with E-state index in [4.69, 9.17) is 5.26 Å². The van der Waals surface area contributed by atoms with Gasteiger partial charge < -0.3 is 0 Å². The van der Waals surface area contributed by atoms with Crippen molar-refractivity contribution < 1.29 is 0 Å². The van der Waals surface area contributed by atoms with E-state index in [0.29, 0.717) is 0 Å². The summed E-state index contributed by atoms with van der Waals surface area (Å²) in [6.45, 7) is 1.96. The number of fused-ring (bicyclic) bond motifs is 1. The Bertz CT molecular complexity index is 401. The normalized spacial score (nSPS) is 24.9. The van der Waals surface area contributed by atoms with Crippen LogP contribution in [0.25, 0.3) is 6.08 Å². The summed E-state index contributed by atoms with van der Waals surface area (Å²) in [5.74, 6) is 0. The van der Waals surface area contributed by atoms with E-state index >= 15 is 0 Å². The number of nitriles is 1. The maximum absolute atomic E-state index is 9.09. The summed E-state index contributed by atoms with van der Waals surface area (Å²) in [5.41, 5.74) is 1.58.